The molecule has 0 atom stereocenters. The van der Waals surface area contributed by atoms with Gasteiger partial charge in [0.2, 0.25) is 0 Å². The third-order valence-corrected chi connectivity index (χ3v) is 5.50. The molecule has 0 fully saturated rings. The van der Waals surface area contributed by atoms with E-state index in [4.69, 9.17) is 9.79 Å². The van der Waals surface area contributed by atoms with E-state index in [0.29, 0.717) is 11.7 Å². The van der Waals surface area contributed by atoms with Gasteiger partial charge in [0.15, 0.2) is 0 Å². The van der Waals surface area contributed by atoms with Gasteiger partial charge in [-0.25, -0.2) is 4.57 Å². The van der Waals surface area contributed by atoms with E-state index in [9.17, 15) is 4.57 Å². The van der Waals surface area contributed by atoms with Crippen LogP contribution in [0.4, 0.5) is 0 Å². The van der Waals surface area contributed by atoms with Crippen molar-refractivity contribution in [2.75, 3.05) is 18.1 Å². The van der Waals surface area contributed by atoms with E-state index in [1.165, 1.54) is 22.3 Å². The van der Waals surface area contributed by atoms with E-state index in [1.54, 1.807) is 11.8 Å². The average molecular weight is 350 g/mol. The molecule has 0 saturated carbocycles. The van der Waals surface area contributed by atoms with Gasteiger partial charge in [-0.05, 0) is 34.4 Å². The molecule has 2 N–H and O–H groups in total. The van der Waals surface area contributed by atoms with Crippen LogP contribution in [0.25, 0.3) is 11.1 Å². The van der Waals surface area contributed by atoms with Crippen LogP contribution < -0.4 is 0 Å². The van der Waals surface area contributed by atoms with Crippen molar-refractivity contribution in [2.24, 2.45) is 0 Å². The Balaban J connectivity index is 1.59. The van der Waals surface area contributed by atoms with Crippen LogP contribution in [0.15, 0.2) is 48.5 Å². The van der Waals surface area contributed by atoms with Crippen LogP contribution in [-0.2, 0) is 9.09 Å². The maximum absolute atomic E-state index is 10.6. The van der Waals surface area contributed by atoms with Gasteiger partial charge in [0, 0.05) is 11.7 Å². The lowest BCUT2D eigenvalue weighted by molar-refractivity contribution is 0.208. The van der Waals surface area contributed by atoms with Gasteiger partial charge in [0.25, 0.3) is 0 Å². The molecule has 0 unspecified atom stereocenters. The van der Waals surface area contributed by atoms with Gasteiger partial charge >= 0.3 is 7.82 Å². The molecule has 0 bridgehead atoms. The van der Waals surface area contributed by atoms with Crippen molar-refractivity contribution in [3.63, 3.8) is 0 Å². The third kappa shape index (κ3) is 4.06. The highest BCUT2D eigenvalue weighted by Crippen LogP contribution is 2.46. The fraction of sp³-hybridized carbons (Fsp3) is 0.294. The minimum atomic E-state index is -4.34. The zero-order valence-corrected chi connectivity index (χ0v) is 14.3. The topological polar surface area (TPSA) is 66.8 Å². The predicted molar refractivity (Wildman–Crippen MR) is 93.7 cm³/mol. The average Bonchev–Trinajstić information content (AvgIpc) is 2.84. The summed E-state index contributed by atoms with van der Waals surface area (Å²) < 4.78 is 15.1. The van der Waals surface area contributed by atoms with Crippen LogP contribution in [-0.4, -0.2) is 27.9 Å². The first kappa shape index (κ1) is 16.7. The summed E-state index contributed by atoms with van der Waals surface area (Å²) >= 11 is 1.66. The highest BCUT2D eigenvalue weighted by Gasteiger charge is 2.27. The summed E-state index contributed by atoms with van der Waals surface area (Å²) in [7, 11) is -4.34. The zero-order chi connectivity index (χ0) is 16.3. The van der Waals surface area contributed by atoms with Crippen molar-refractivity contribution in [1.29, 1.82) is 0 Å². The first-order chi connectivity index (χ1) is 11.1. The van der Waals surface area contributed by atoms with Gasteiger partial charge in [-0.1, -0.05) is 48.5 Å². The fourth-order valence-electron chi connectivity index (χ4n) is 3.09. The molecular weight excluding hydrogens is 331 g/mol. The maximum Gasteiger partial charge on any atom is 0.469 e. The zero-order valence-electron chi connectivity index (χ0n) is 12.6. The minimum Gasteiger partial charge on any atom is -0.303 e. The Labute approximate surface area is 140 Å². The molecule has 0 spiro atoms. The van der Waals surface area contributed by atoms with Crippen LogP contribution in [0.1, 0.15) is 23.5 Å². The summed E-state index contributed by atoms with van der Waals surface area (Å²) in [5.41, 5.74) is 5.40. The summed E-state index contributed by atoms with van der Waals surface area (Å²) in [6.07, 6.45) is 1.01. The highest BCUT2D eigenvalue weighted by molar-refractivity contribution is 7.99. The molecule has 1 aliphatic carbocycles. The molecule has 4 nitrogen and oxygen atoms in total. The van der Waals surface area contributed by atoms with E-state index in [2.05, 4.69) is 53.1 Å². The van der Waals surface area contributed by atoms with Crippen LogP contribution in [0.3, 0.4) is 0 Å². The van der Waals surface area contributed by atoms with Crippen LogP contribution in [0.2, 0.25) is 0 Å². The molecule has 0 aliphatic heterocycles. The molecule has 0 radical (unpaired) electrons. The summed E-state index contributed by atoms with van der Waals surface area (Å²) in [5.74, 6) is 1.91. The van der Waals surface area contributed by atoms with Crippen molar-refractivity contribution < 1.29 is 18.9 Å². The number of fused-ring (bicyclic) bond motifs is 3. The van der Waals surface area contributed by atoms with Crippen molar-refractivity contribution in [3.05, 3.63) is 59.7 Å². The van der Waals surface area contributed by atoms with E-state index in [-0.39, 0.29) is 6.61 Å². The summed E-state index contributed by atoms with van der Waals surface area (Å²) in [6, 6.07) is 17.1. The maximum atomic E-state index is 10.6. The highest BCUT2D eigenvalue weighted by atomic mass is 32.2. The van der Waals surface area contributed by atoms with Gasteiger partial charge in [0.1, 0.15) is 0 Å². The van der Waals surface area contributed by atoms with Gasteiger partial charge in [-0.3, -0.25) is 4.52 Å². The number of phosphoric acid groups is 1. The molecule has 0 saturated heterocycles. The Hall–Kier alpha value is -1.10. The van der Waals surface area contributed by atoms with E-state index in [1.807, 2.05) is 0 Å². The SMILES string of the molecule is O=P(O)(O)OCCSCCC1c2ccccc2-c2ccccc21. The Bertz CT molecular complexity index is 683. The van der Waals surface area contributed by atoms with Crippen LogP contribution in [0.5, 0.6) is 0 Å². The predicted octanol–water partition coefficient (Wildman–Crippen LogP) is 4.03. The Morgan fingerprint density at radius 2 is 1.52 bits per heavy atom. The molecular formula is C17H19O4PS. The fourth-order valence-corrected chi connectivity index (χ4v) is 4.35. The number of benzene rings is 2. The first-order valence-corrected chi connectivity index (χ1v) is 10.2. The van der Waals surface area contributed by atoms with Gasteiger partial charge < -0.3 is 9.79 Å². The Morgan fingerprint density at radius 3 is 2.09 bits per heavy atom. The second-order valence-corrected chi connectivity index (χ2v) is 7.92. The summed E-state index contributed by atoms with van der Waals surface area (Å²) in [6.45, 7) is 0.0762. The van der Waals surface area contributed by atoms with Crippen molar-refractivity contribution in [3.8, 4) is 11.1 Å². The molecule has 0 amide bonds. The van der Waals surface area contributed by atoms with Crippen molar-refractivity contribution in [2.45, 2.75) is 12.3 Å². The molecule has 3 rings (SSSR count). The van der Waals surface area contributed by atoms with E-state index < -0.39 is 7.82 Å². The monoisotopic (exact) mass is 350 g/mol. The number of thioether (sulfide) groups is 1. The Morgan fingerprint density at radius 1 is 0.957 bits per heavy atom. The lowest BCUT2D eigenvalue weighted by atomic mass is 9.94. The van der Waals surface area contributed by atoms with Gasteiger partial charge in [0.05, 0.1) is 6.61 Å². The standard InChI is InChI=1S/C17H19O4PS/c18-22(19,20)21-10-12-23-11-9-17-15-7-3-1-5-13(15)14-6-2-4-8-16(14)17/h1-8,17H,9-12H2,(H2,18,19,20). The molecule has 1 aliphatic rings. The Kier molecular flexibility index (Phi) is 5.24. The number of phosphoric ester groups is 1. The largest absolute Gasteiger partial charge is 0.469 e. The van der Waals surface area contributed by atoms with E-state index >= 15 is 0 Å². The van der Waals surface area contributed by atoms with E-state index in [0.717, 1.165) is 12.2 Å². The number of hydrogen-bond acceptors (Lipinski definition) is 3. The van der Waals surface area contributed by atoms with Crippen molar-refractivity contribution in [1.82, 2.24) is 0 Å². The third-order valence-electron chi connectivity index (χ3n) is 4.00. The number of rotatable bonds is 7. The molecule has 0 heterocycles. The lowest BCUT2D eigenvalue weighted by Crippen LogP contribution is -2.00. The molecule has 6 heteroatoms. The summed E-state index contributed by atoms with van der Waals surface area (Å²) in [5, 5.41) is 0. The van der Waals surface area contributed by atoms with Gasteiger partial charge in [-0.15, -0.1) is 0 Å². The second kappa shape index (κ2) is 7.20. The summed E-state index contributed by atoms with van der Waals surface area (Å²) in [4.78, 5) is 17.3. The smallest absolute Gasteiger partial charge is 0.303 e. The van der Waals surface area contributed by atoms with Gasteiger partial charge in [-0.2, -0.15) is 11.8 Å². The molecule has 122 valence electrons. The quantitative estimate of drug-likeness (QED) is 0.583. The minimum absolute atomic E-state index is 0.0762. The second-order valence-electron chi connectivity index (χ2n) is 5.45. The van der Waals surface area contributed by atoms with Crippen molar-refractivity contribution >= 4 is 19.6 Å². The number of hydrogen-bond donors (Lipinski definition) is 2. The molecule has 2 aromatic carbocycles. The molecule has 23 heavy (non-hydrogen) atoms. The van der Waals surface area contributed by atoms with Crippen LogP contribution >= 0.6 is 19.6 Å². The molecule has 0 aromatic heterocycles. The normalized spacial score (nSPS) is 13.8. The van der Waals surface area contributed by atoms with Crippen LogP contribution in [0, 0.1) is 0 Å². The first-order valence-electron chi connectivity index (χ1n) is 7.52. The molecule has 2 aromatic rings. The lowest BCUT2D eigenvalue weighted by Gasteiger charge is -2.13.